The zero-order valence-electron chi connectivity index (χ0n) is 4.22. The Hall–Kier alpha value is 1.31. The number of rotatable bonds is 1. The molecule has 0 aromatic carbocycles. The molecule has 1 atom stereocenters. The topological polar surface area (TPSA) is 0 Å². The first-order valence-corrected chi connectivity index (χ1v) is 3.88. The van der Waals surface area contributed by atoms with Crippen molar-refractivity contribution in [2.45, 2.75) is 14.6 Å². The highest BCUT2D eigenvalue weighted by molar-refractivity contribution is 6.70. The van der Waals surface area contributed by atoms with Crippen molar-refractivity contribution >= 4 is 58.0 Å². The molecule has 0 aromatic heterocycles. The first-order valence-electron chi connectivity index (χ1n) is 1.93. The van der Waals surface area contributed by atoms with Crippen molar-refractivity contribution < 1.29 is 8.78 Å². The second kappa shape index (κ2) is 3.36. The summed E-state index contributed by atoms with van der Waals surface area (Å²) in [6, 6.07) is 0. The Labute approximate surface area is 81.3 Å². The van der Waals surface area contributed by atoms with Gasteiger partial charge in [-0.2, -0.15) is 8.78 Å². The van der Waals surface area contributed by atoms with Crippen LogP contribution in [0.2, 0.25) is 0 Å². The van der Waals surface area contributed by atoms with E-state index in [1.807, 2.05) is 0 Å². The van der Waals surface area contributed by atoms with E-state index in [-0.39, 0.29) is 0 Å². The van der Waals surface area contributed by atoms with E-state index in [0.717, 1.165) is 0 Å². The molecule has 0 heterocycles. The monoisotopic (exact) mass is 250 g/mol. The molecule has 0 nitrogen and oxygen atoms in total. The van der Waals surface area contributed by atoms with Crippen LogP contribution in [0.25, 0.3) is 0 Å². The van der Waals surface area contributed by atoms with Crippen LogP contribution in [0, 0.1) is 0 Å². The molecular formula is C3HCl5F2. The minimum atomic E-state index is -3.72. The zero-order valence-corrected chi connectivity index (χ0v) is 8.00. The van der Waals surface area contributed by atoms with Gasteiger partial charge in [0.2, 0.25) is 3.79 Å². The fourth-order valence-electron chi connectivity index (χ4n) is 0.186. The quantitative estimate of drug-likeness (QED) is 0.623. The van der Waals surface area contributed by atoms with Crippen molar-refractivity contribution in [3.8, 4) is 0 Å². The lowest BCUT2D eigenvalue weighted by molar-refractivity contribution is 0.0919. The van der Waals surface area contributed by atoms with E-state index in [1.165, 1.54) is 0 Å². The van der Waals surface area contributed by atoms with E-state index in [4.69, 9.17) is 46.4 Å². The molecule has 0 radical (unpaired) electrons. The smallest absolute Gasteiger partial charge is 0.186 e. The highest BCUT2D eigenvalue weighted by Crippen LogP contribution is 2.43. The van der Waals surface area contributed by atoms with Crippen molar-refractivity contribution in [2.75, 3.05) is 0 Å². The zero-order chi connectivity index (χ0) is 8.58. The number of halogens is 7. The minimum absolute atomic E-state index is 2.04. The van der Waals surface area contributed by atoms with Crippen LogP contribution in [-0.2, 0) is 0 Å². The third-order valence-electron chi connectivity index (χ3n) is 0.575. The van der Waals surface area contributed by atoms with Gasteiger partial charge in [0.05, 0.1) is 0 Å². The molecular weight excluding hydrogens is 251 g/mol. The molecule has 0 aliphatic heterocycles. The van der Waals surface area contributed by atoms with Crippen LogP contribution in [0.15, 0.2) is 0 Å². The summed E-state index contributed by atoms with van der Waals surface area (Å²) in [5.41, 5.74) is 0. The molecule has 0 amide bonds. The van der Waals surface area contributed by atoms with Crippen molar-refractivity contribution in [1.29, 1.82) is 0 Å². The molecule has 0 spiro atoms. The first kappa shape index (κ1) is 11.3. The molecule has 1 unspecified atom stereocenters. The van der Waals surface area contributed by atoms with Gasteiger partial charge in [-0.1, -0.05) is 34.8 Å². The fraction of sp³-hybridized carbons (Fsp3) is 1.00. The number of hydrogen-bond donors (Lipinski definition) is 0. The van der Waals surface area contributed by atoms with Gasteiger partial charge in [0.25, 0.3) is 0 Å². The molecule has 0 N–H and O–H groups in total. The number of alkyl halides is 7. The average Bonchev–Trinajstić information content (AvgIpc) is 1.59. The van der Waals surface area contributed by atoms with Crippen LogP contribution in [0.1, 0.15) is 0 Å². The van der Waals surface area contributed by atoms with Crippen molar-refractivity contribution in [3.63, 3.8) is 0 Å². The first-order chi connectivity index (χ1) is 4.15. The van der Waals surface area contributed by atoms with Crippen LogP contribution in [0.5, 0.6) is 0 Å². The summed E-state index contributed by atoms with van der Waals surface area (Å²) in [6.45, 7) is 0. The Bertz CT molecular complexity index is 99.0. The third kappa shape index (κ3) is 3.63. The van der Waals surface area contributed by atoms with E-state index in [9.17, 15) is 8.78 Å². The van der Waals surface area contributed by atoms with Gasteiger partial charge in [0.15, 0.2) is 5.38 Å². The predicted molar refractivity (Wildman–Crippen MR) is 40.7 cm³/mol. The Morgan fingerprint density at radius 2 is 1.30 bits per heavy atom. The van der Waals surface area contributed by atoms with Crippen molar-refractivity contribution in [1.82, 2.24) is 0 Å². The summed E-state index contributed by atoms with van der Waals surface area (Å²) >= 11 is 24.4. The van der Waals surface area contributed by atoms with E-state index >= 15 is 0 Å². The Morgan fingerprint density at radius 3 is 1.30 bits per heavy atom. The van der Waals surface area contributed by atoms with E-state index in [2.05, 4.69) is 11.6 Å². The Kier molecular flexibility index (Phi) is 3.80. The van der Waals surface area contributed by atoms with Crippen molar-refractivity contribution in [2.24, 2.45) is 0 Å². The summed E-state index contributed by atoms with van der Waals surface area (Å²) in [5, 5.41) is -5.75. The van der Waals surface area contributed by atoms with E-state index < -0.39 is 14.6 Å². The van der Waals surface area contributed by atoms with Crippen LogP contribution in [0.4, 0.5) is 8.78 Å². The Morgan fingerprint density at radius 1 is 1.00 bits per heavy atom. The van der Waals surface area contributed by atoms with Gasteiger partial charge in [-0.25, -0.2) is 0 Å². The summed E-state index contributed by atoms with van der Waals surface area (Å²) in [6.07, 6.45) is 0. The molecule has 0 rings (SSSR count). The van der Waals surface area contributed by atoms with E-state index in [1.54, 1.807) is 0 Å². The lowest BCUT2D eigenvalue weighted by Gasteiger charge is -2.21. The minimum Gasteiger partial charge on any atom is -0.186 e. The maximum atomic E-state index is 12.0. The van der Waals surface area contributed by atoms with Crippen LogP contribution < -0.4 is 0 Å². The highest BCUT2D eigenvalue weighted by atomic mass is 35.6. The SMILES string of the molecule is FC(F)(Cl)C(Cl)C(Cl)(Cl)Cl. The number of hydrogen-bond acceptors (Lipinski definition) is 0. The van der Waals surface area contributed by atoms with Crippen LogP contribution in [0.3, 0.4) is 0 Å². The molecule has 7 heteroatoms. The predicted octanol–water partition coefficient (Wildman–Crippen LogP) is 3.80. The Balaban J connectivity index is 4.23. The summed E-state index contributed by atoms with van der Waals surface area (Å²) in [4.78, 5) is 0. The summed E-state index contributed by atoms with van der Waals surface area (Å²) in [7, 11) is 0. The second-order valence-corrected chi connectivity index (χ2v) is 4.76. The molecule has 0 saturated carbocycles. The van der Waals surface area contributed by atoms with Gasteiger partial charge in [-0.3, -0.25) is 0 Å². The second-order valence-electron chi connectivity index (χ2n) is 1.45. The fourth-order valence-corrected chi connectivity index (χ4v) is 0.928. The molecule has 0 aliphatic carbocycles. The van der Waals surface area contributed by atoms with Crippen molar-refractivity contribution in [3.05, 3.63) is 0 Å². The maximum absolute atomic E-state index is 12.0. The highest BCUT2D eigenvalue weighted by Gasteiger charge is 2.48. The molecule has 0 saturated heterocycles. The van der Waals surface area contributed by atoms with Gasteiger partial charge >= 0.3 is 5.38 Å². The van der Waals surface area contributed by atoms with Gasteiger partial charge in [0.1, 0.15) is 0 Å². The molecule has 0 aromatic rings. The van der Waals surface area contributed by atoms with Gasteiger partial charge in [0, 0.05) is 0 Å². The standard InChI is InChI=1S/C3HCl5F2/c4-1(2(5,6)7)3(8,9)10/h1H. The maximum Gasteiger partial charge on any atom is 0.341 e. The molecule has 0 aliphatic rings. The van der Waals surface area contributed by atoms with Crippen LogP contribution >= 0.6 is 58.0 Å². The molecule has 10 heavy (non-hydrogen) atoms. The normalized spacial score (nSPS) is 17.1. The average molecular weight is 252 g/mol. The van der Waals surface area contributed by atoms with E-state index in [0.29, 0.717) is 0 Å². The lowest BCUT2D eigenvalue weighted by atomic mass is 10.5. The third-order valence-corrected chi connectivity index (χ3v) is 2.50. The molecule has 0 fully saturated rings. The van der Waals surface area contributed by atoms with Gasteiger partial charge < -0.3 is 0 Å². The lowest BCUT2D eigenvalue weighted by Crippen LogP contribution is -2.34. The summed E-state index contributed by atoms with van der Waals surface area (Å²) < 4.78 is 21.7. The van der Waals surface area contributed by atoms with Gasteiger partial charge in [-0.05, 0) is 11.6 Å². The molecule has 0 bridgehead atoms. The summed E-state index contributed by atoms with van der Waals surface area (Å²) in [5.74, 6) is 0. The van der Waals surface area contributed by atoms with Gasteiger partial charge in [-0.15, -0.1) is 11.6 Å². The largest absolute Gasteiger partial charge is 0.341 e. The molecule has 62 valence electrons. The van der Waals surface area contributed by atoms with Crippen LogP contribution in [-0.4, -0.2) is 14.6 Å².